The van der Waals surface area contributed by atoms with E-state index in [9.17, 15) is 0 Å². The number of anilines is 1. The van der Waals surface area contributed by atoms with Crippen molar-refractivity contribution in [1.82, 2.24) is 14.8 Å². The number of nitrogens with zero attached hydrogens (tertiary/aromatic N) is 3. The topological polar surface area (TPSA) is 66.0 Å². The predicted molar refractivity (Wildman–Crippen MR) is 60.9 cm³/mol. The molecule has 0 aliphatic heterocycles. The van der Waals surface area contributed by atoms with E-state index < -0.39 is 0 Å². The van der Waals surface area contributed by atoms with E-state index in [2.05, 4.69) is 10.1 Å². The summed E-state index contributed by atoms with van der Waals surface area (Å²) < 4.78 is 7.24. The fraction of sp³-hybridized carbons (Fsp3) is 0.273. The Bertz CT molecular complexity index is 473. The number of hydrogen-bond donors (Lipinski definition) is 1. The molecule has 0 spiro atoms. The first-order valence-electron chi connectivity index (χ1n) is 5.00. The fourth-order valence-corrected chi connectivity index (χ4v) is 1.34. The van der Waals surface area contributed by atoms with Crippen molar-refractivity contribution in [3.63, 3.8) is 0 Å². The third kappa shape index (κ3) is 2.13. The lowest BCUT2D eigenvalue weighted by Gasteiger charge is -2.05. The minimum absolute atomic E-state index is 0.329. The van der Waals surface area contributed by atoms with Gasteiger partial charge in [-0.25, -0.2) is 4.98 Å². The molecule has 0 radical (unpaired) electrons. The Morgan fingerprint density at radius 1 is 1.38 bits per heavy atom. The fourth-order valence-electron chi connectivity index (χ4n) is 1.34. The average molecular weight is 218 g/mol. The van der Waals surface area contributed by atoms with Crippen molar-refractivity contribution in [2.45, 2.75) is 13.5 Å². The molecule has 0 saturated heterocycles. The molecule has 0 saturated carbocycles. The molecule has 0 aliphatic carbocycles. The summed E-state index contributed by atoms with van der Waals surface area (Å²) in [5.74, 6) is 2.18. The minimum Gasteiger partial charge on any atom is -0.483 e. The maximum atomic E-state index is 5.75. The standard InChI is InChI=1S/C11H14N4O/c1-8-13-11(14-15(8)2)7-16-10-6-4-3-5-9(10)12/h3-6H,7,12H2,1-2H3. The average Bonchev–Trinajstić information content (AvgIpc) is 2.57. The van der Waals surface area contributed by atoms with Crippen molar-refractivity contribution < 1.29 is 4.74 Å². The summed E-state index contributed by atoms with van der Waals surface area (Å²) in [5, 5.41) is 4.19. The molecule has 0 unspecified atom stereocenters. The summed E-state index contributed by atoms with van der Waals surface area (Å²) in [6.45, 7) is 2.23. The van der Waals surface area contributed by atoms with Crippen LogP contribution in [0.3, 0.4) is 0 Å². The normalized spacial score (nSPS) is 10.4. The maximum Gasteiger partial charge on any atom is 0.188 e. The SMILES string of the molecule is Cc1nc(COc2ccccc2N)nn1C. The van der Waals surface area contributed by atoms with Gasteiger partial charge in [-0.15, -0.1) is 0 Å². The van der Waals surface area contributed by atoms with Crippen molar-refractivity contribution in [1.29, 1.82) is 0 Å². The van der Waals surface area contributed by atoms with E-state index in [-0.39, 0.29) is 0 Å². The molecule has 84 valence electrons. The monoisotopic (exact) mass is 218 g/mol. The number of ether oxygens (including phenoxy) is 1. The second-order valence-electron chi connectivity index (χ2n) is 3.53. The van der Waals surface area contributed by atoms with Gasteiger partial charge in [0, 0.05) is 7.05 Å². The third-order valence-electron chi connectivity index (χ3n) is 2.30. The Labute approximate surface area is 93.9 Å². The van der Waals surface area contributed by atoms with Crippen LogP contribution in [0.15, 0.2) is 24.3 Å². The van der Waals surface area contributed by atoms with Gasteiger partial charge in [0.15, 0.2) is 5.82 Å². The quantitative estimate of drug-likeness (QED) is 0.788. The smallest absolute Gasteiger partial charge is 0.188 e. The summed E-state index contributed by atoms with van der Waals surface area (Å²) in [7, 11) is 1.85. The highest BCUT2D eigenvalue weighted by molar-refractivity contribution is 5.51. The maximum absolute atomic E-state index is 5.75. The lowest BCUT2D eigenvalue weighted by Crippen LogP contribution is -2.01. The summed E-state index contributed by atoms with van der Waals surface area (Å²) in [5.41, 5.74) is 6.37. The van der Waals surface area contributed by atoms with Crippen LogP contribution in [-0.2, 0) is 13.7 Å². The minimum atomic E-state index is 0.329. The Hall–Kier alpha value is -2.04. The van der Waals surface area contributed by atoms with Gasteiger partial charge in [0.2, 0.25) is 0 Å². The number of para-hydroxylation sites is 2. The van der Waals surface area contributed by atoms with Gasteiger partial charge in [-0.2, -0.15) is 5.10 Å². The van der Waals surface area contributed by atoms with Gasteiger partial charge in [0.1, 0.15) is 18.2 Å². The van der Waals surface area contributed by atoms with Gasteiger partial charge in [0.25, 0.3) is 0 Å². The van der Waals surface area contributed by atoms with Crippen LogP contribution in [-0.4, -0.2) is 14.8 Å². The lowest BCUT2D eigenvalue weighted by atomic mass is 10.3. The largest absolute Gasteiger partial charge is 0.483 e. The van der Waals surface area contributed by atoms with Crippen LogP contribution in [0, 0.1) is 6.92 Å². The van der Waals surface area contributed by atoms with E-state index in [1.165, 1.54) is 0 Å². The molecular weight excluding hydrogens is 204 g/mol. The van der Waals surface area contributed by atoms with Crippen molar-refractivity contribution in [2.24, 2.45) is 7.05 Å². The second kappa shape index (κ2) is 4.22. The Morgan fingerprint density at radius 3 is 2.75 bits per heavy atom. The van der Waals surface area contributed by atoms with Crippen molar-refractivity contribution in [3.8, 4) is 5.75 Å². The molecule has 0 aliphatic rings. The molecule has 2 rings (SSSR count). The molecule has 5 nitrogen and oxygen atoms in total. The van der Waals surface area contributed by atoms with Crippen LogP contribution in [0.5, 0.6) is 5.75 Å². The molecule has 1 aromatic heterocycles. The zero-order valence-electron chi connectivity index (χ0n) is 9.34. The van der Waals surface area contributed by atoms with Crippen LogP contribution in [0.1, 0.15) is 11.6 Å². The molecule has 0 atom stereocenters. The number of nitrogens with two attached hydrogens (primary N) is 1. The first-order valence-corrected chi connectivity index (χ1v) is 5.00. The highest BCUT2D eigenvalue weighted by Crippen LogP contribution is 2.20. The molecular formula is C11H14N4O. The van der Waals surface area contributed by atoms with E-state index in [1.807, 2.05) is 32.2 Å². The molecule has 0 bridgehead atoms. The van der Waals surface area contributed by atoms with Gasteiger partial charge >= 0.3 is 0 Å². The van der Waals surface area contributed by atoms with E-state index in [4.69, 9.17) is 10.5 Å². The van der Waals surface area contributed by atoms with E-state index in [1.54, 1.807) is 10.7 Å². The second-order valence-corrected chi connectivity index (χ2v) is 3.53. The van der Waals surface area contributed by atoms with Crippen LogP contribution in [0.4, 0.5) is 5.69 Å². The van der Waals surface area contributed by atoms with Crippen molar-refractivity contribution >= 4 is 5.69 Å². The molecule has 16 heavy (non-hydrogen) atoms. The van der Waals surface area contributed by atoms with Gasteiger partial charge in [-0.1, -0.05) is 12.1 Å². The number of aryl methyl sites for hydroxylation is 2. The van der Waals surface area contributed by atoms with E-state index >= 15 is 0 Å². The van der Waals surface area contributed by atoms with E-state index in [0.717, 1.165) is 5.82 Å². The van der Waals surface area contributed by atoms with Gasteiger partial charge in [-0.05, 0) is 19.1 Å². The lowest BCUT2D eigenvalue weighted by molar-refractivity contribution is 0.297. The highest BCUT2D eigenvalue weighted by Gasteiger charge is 2.05. The zero-order chi connectivity index (χ0) is 11.5. The van der Waals surface area contributed by atoms with Gasteiger partial charge < -0.3 is 10.5 Å². The summed E-state index contributed by atoms with van der Waals surface area (Å²) >= 11 is 0. The summed E-state index contributed by atoms with van der Waals surface area (Å²) in [6.07, 6.45) is 0. The number of hydrogen-bond acceptors (Lipinski definition) is 4. The van der Waals surface area contributed by atoms with Crippen LogP contribution < -0.4 is 10.5 Å². The highest BCUT2D eigenvalue weighted by atomic mass is 16.5. The first-order chi connectivity index (χ1) is 7.66. The van der Waals surface area contributed by atoms with Crippen LogP contribution >= 0.6 is 0 Å². The zero-order valence-corrected chi connectivity index (χ0v) is 9.34. The first kappa shape index (κ1) is 10.5. The Morgan fingerprint density at radius 2 is 2.12 bits per heavy atom. The van der Waals surface area contributed by atoms with Crippen molar-refractivity contribution in [2.75, 3.05) is 5.73 Å². The summed E-state index contributed by atoms with van der Waals surface area (Å²) in [4.78, 5) is 4.24. The van der Waals surface area contributed by atoms with Crippen LogP contribution in [0.2, 0.25) is 0 Å². The molecule has 2 aromatic rings. The van der Waals surface area contributed by atoms with Crippen molar-refractivity contribution in [3.05, 3.63) is 35.9 Å². The number of benzene rings is 1. The van der Waals surface area contributed by atoms with Gasteiger partial charge in [0.05, 0.1) is 5.69 Å². The van der Waals surface area contributed by atoms with Crippen LogP contribution in [0.25, 0.3) is 0 Å². The molecule has 5 heteroatoms. The number of aromatic nitrogens is 3. The number of rotatable bonds is 3. The third-order valence-corrected chi connectivity index (χ3v) is 2.30. The molecule has 1 heterocycles. The Balaban J connectivity index is 2.05. The van der Waals surface area contributed by atoms with E-state index in [0.29, 0.717) is 23.9 Å². The molecule has 2 N–H and O–H groups in total. The summed E-state index contributed by atoms with van der Waals surface area (Å²) in [6, 6.07) is 7.37. The van der Waals surface area contributed by atoms with Gasteiger partial charge in [-0.3, -0.25) is 4.68 Å². The molecule has 0 amide bonds. The molecule has 0 fully saturated rings. The Kier molecular flexibility index (Phi) is 2.76. The predicted octanol–water partition coefficient (Wildman–Crippen LogP) is 1.28. The molecule has 1 aromatic carbocycles. The number of nitrogen functional groups attached to an aromatic ring is 1.